The number of nitriles is 1. The van der Waals surface area contributed by atoms with Gasteiger partial charge in [-0.3, -0.25) is 14.4 Å². The molecule has 1 aliphatic rings. The monoisotopic (exact) mass is 346 g/mol. The molecule has 3 rings (SSSR count). The molecule has 0 unspecified atom stereocenters. The Balaban J connectivity index is 1.77. The summed E-state index contributed by atoms with van der Waals surface area (Å²) in [6, 6.07) is 9.12. The number of rotatable bonds is 3. The van der Waals surface area contributed by atoms with E-state index in [2.05, 4.69) is 11.2 Å². The normalized spacial score (nSPS) is 17.6. The third-order valence-corrected chi connectivity index (χ3v) is 5.50. The lowest BCUT2D eigenvalue weighted by atomic mass is 10.2. The standard InChI is InChI=1S/C16H15ClN4OS/c1-10-7-15(20(2)19-10)21-6-5-14(16(21)22)23-13-4-3-11(9-18)8-12(13)17/h3-4,7-8,14H,5-6H2,1-2H3/t14-/m0/s1. The lowest BCUT2D eigenvalue weighted by Crippen LogP contribution is -2.29. The van der Waals surface area contributed by atoms with Gasteiger partial charge in [0.05, 0.1) is 27.6 Å². The SMILES string of the molecule is Cc1cc(N2CC[C@H](Sc3ccc(C#N)cc3Cl)C2=O)n(C)n1. The van der Waals surface area contributed by atoms with E-state index in [1.165, 1.54) is 11.8 Å². The zero-order valence-corrected chi connectivity index (χ0v) is 14.4. The van der Waals surface area contributed by atoms with Crippen LogP contribution in [0, 0.1) is 18.3 Å². The van der Waals surface area contributed by atoms with Crippen LogP contribution in [0.2, 0.25) is 5.02 Å². The predicted octanol–water partition coefficient (Wildman–Crippen LogP) is 3.15. The van der Waals surface area contributed by atoms with Gasteiger partial charge in [0.25, 0.3) is 0 Å². The van der Waals surface area contributed by atoms with E-state index in [1.807, 2.05) is 20.0 Å². The highest BCUT2D eigenvalue weighted by molar-refractivity contribution is 8.00. The predicted molar refractivity (Wildman–Crippen MR) is 90.7 cm³/mol. The Morgan fingerprint density at radius 2 is 2.22 bits per heavy atom. The maximum atomic E-state index is 12.7. The van der Waals surface area contributed by atoms with Gasteiger partial charge in [0.15, 0.2) is 0 Å². The van der Waals surface area contributed by atoms with Gasteiger partial charge in [-0.2, -0.15) is 10.4 Å². The highest BCUT2D eigenvalue weighted by Gasteiger charge is 2.35. The second-order valence-electron chi connectivity index (χ2n) is 5.41. The number of hydrogen-bond acceptors (Lipinski definition) is 4. The molecule has 2 aromatic rings. The van der Waals surface area contributed by atoms with Crippen LogP contribution in [0.4, 0.5) is 5.82 Å². The number of halogens is 1. The molecular formula is C16H15ClN4OS. The van der Waals surface area contributed by atoms with Gasteiger partial charge >= 0.3 is 0 Å². The van der Waals surface area contributed by atoms with E-state index in [-0.39, 0.29) is 11.2 Å². The van der Waals surface area contributed by atoms with Crippen LogP contribution < -0.4 is 4.90 Å². The quantitative estimate of drug-likeness (QED) is 0.856. The first kappa shape index (κ1) is 15.9. The number of benzene rings is 1. The summed E-state index contributed by atoms with van der Waals surface area (Å²) >= 11 is 7.66. The van der Waals surface area contributed by atoms with Gasteiger partial charge in [-0.25, -0.2) is 0 Å². The lowest BCUT2D eigenvalue weighted by molar-refractivity contribution is -0.116. The van der Waals surface area contributed by atoms with Crippen molar-refractivity contribution in [2.75, 3.05) is 11.4 Å². The van der Waals surface area contributed by atoms with Crippen LogP contribution in [0.15, 0.2) is 29.2 Å². The molecule has 1 saturated heterocycles. The van der Waals surface area contributed by atoms with Crippen molar-refractivity contribution in [3.05, 3.63) is 40.5 Å². The number of hydrogen-bond donors (Lipinski definition) is 0. The van der Waals surface area contributed by atoms with Crippen LogP contribution >= 0.6 is 23.4 Å². The number of aromatic nitrogens is 2. The second kappa shape index (κ2) is 6.26. The highest BCUT2D eigenvalue weighted by Crippen LogP contribution is 2.36. The molecule has 2 heterocycles. The van der Waals surface area contributed by atoms with Gasteiger partial charge < -0.3 is 0 Å². The number of carbonyl (C=O) groups excluding carboxylic acids is 1. The zero-order valence-electron chi connectivity index (χ0n) is 12.8. The third kappa shape index (κ3) is 3.07. The smallest absolute Gasteiger partial charge is 0.241 e. The number of aryl methyl sites for hydroxylation is 2. The van der Waals surface area contributed by atoms with E-state index in [9.17, 15) is 4.79 Å². The Hall–Kier alpha value is -1.97. The number of thioether (sulfide) groups is 1. The van der Waals surface area contributed by atoms with Crippen molar-refractivity contribution in [2.45, 2.75) is 23.5 Å². The Morgan fingerprint density at radius 1 is 1.43 bits per heavy atom. The molecule has 0 saturated carbocycles. The van der Waals surface area contributed by atoms with Crippen molar-refractivity contribution >= 4 is 35.1 Å². The van der Waals surface area contributed by atoms with Crippen LogP contribution in [0.5, 0.6) is 0 Å². The van der Waals surface area contributed by atoms with Gasteiger partial charge in [0.1, 0.15) is 5.82 Å². The fourth-order valence-corrected chi connectivity index (χ4v) is 4.05. The van der Waals surface area contributed by atoms with Gasteiger partial charge in [0, 0.05) is 24.6 Å². The average molecular weight is 347 g/mol. The fraction of sp³-hybridized carbons (Fsp3) is 0.312. The zero-order chi connectivity index (χ0) is 16.6. The molecule has 0 bridgehead atoms. The number of carbonyl (C=O) groups is 1. The van der Waals surface area contributed by atoms with Crippen LogP contribution in [-0.2, 0) is 11.8 Å². The summed E-state index contributed by atoms with van der Waals surface area (Å²) in [6.45, 7) is 2.58. The van der Waals surface area contributed by atoms with Gasteiger partial charge in [0.2, 0.25) is 5.91 Å². The Labute approximate surface area is 143 Å². The lowest BCUT2D eigenvalue weighted by Gasteiger charge is -2.16. The largest absolute Gasteiger partial charge is 0.296 e. The first-order chi connectivity index (χ1) is 11.0. The van der Waals surface area contributed by atoms with Crippen LogP contribution in [-0.4, -0.2) is 27.5 Å². The van der Waals surface area contributed by atoms with Gasteiger partial charge in [-0.05, 0) is 31.5 Å². The maximum Gasteiger partial charge on any atom is 0.241 e. The van der Waals surface area contributed by atoms with E-state index in [0.717, 1.165) is 22.8 Å². The highest BCUT2D eigenvalue weighted by atomic mass is 35.5. The Kier molecular flexibility index (Phi) is 4.33. The van der Waals surface area contributed by atoms with Crippen molar-refractivity contribution < 1.29 is 4.79 Å². The summed E-state index contributed by atoms with van der Waals surface area (Å²) in [4.78, 5) is 15.3. The summed E-state index contributed by atoms with van der Waals surface area (Å²) in [7, 11) is 1.84. The minimum absolute atomic E-state index is 0.0680. The Morgan fingerprint density at radius 3 is 2.83 bits per heavy atom. The molecule has 0 radical (unpaired) electrons. The maximum absolute atomic E-state index is 12.7. The van der Waals surface area contributed by atoms with Crippen molar-refractivity contribution in [3.63, 3.8) is 0 Å². The molecule has 1 atom stereocenters. The molecular weight excluding hydrogens is 332 g/mol. The van der Waals surface area contributed by atoms with Crippen molar-refractivity contribution in [1.29, 1.82) is 5.26 Å². The number of anilines is 1. The van der Waals surface area contributed by atoms with E-state index in [0.29, 0.717) is 17.1 Å². The fourth-order valence-electron chi connectivity index (χ4n) is 2.66. The third-order valence-electron chi connectivity index (χ3n) is 3.74. The molecule has 0 aliphatic carbocycles. The summed E-state index contributed by atoms with van der Waals surface area (Å²) in [5, 5.41) is 13.5. The van der Waals surface area contributed by atoms with Gasteiger partial charge in [-0.1, -0.05) is 11.6 Å². The van der Waals surface area contributed by atoms with Crippen molar-refractivity contribution in [3.8, 4) is 6.07 Å². The summed E-state index contributed by atoms with van der Waals surface area (Å²) in [5.41, 5.74) is 1.41. The van der Waals surface area contributed by atoms with Crippen LogP contribution in [0.1, 0.15) is 17.7 Å². The number of nitrogens with zero attached hydrogens (tertiary/aromatic N) is 4. The van der Waals surface area contributed by atoms with Crippen molar-refractivity contribution in [2.24, 2.45) is 7.05 Å². The summed E-state index contributed by atoms with van der Waals surface area (Å²) in [6.07, 6.45) is 0.754. The molecule has 1 fully saturated rings. The van der Waals surface area contributed by atoms with E-state index < -0.39 is 0 Å². The van der Waals surface area contributed by atoms with Crippen molar-refractivity contribution in [1.82, 2.24) is 9.78 Å². The number of amides is 1. The minimum atomic E-state index is -0.171. The molecule has 1 aromatic carbocycles. The molecule has 0 N–H and O–H groups in total. The van der Waals surface area contributed by atoms with Crippen LogP contribution in [0.25, 0.3) is 0 Å². The summed E-state index contributed by atoms with van der Waals surface area (Å²) < 4.78 is 1.73. The topological polar surface area (TPSA) is 61.9 Å². The average Bonchev–Trinajstić information content (AvgIpc) is 3.03. The van der Waals surface area contributed by atoms with E-state index >= 15 is 0 Å². The molecule has 1 aromatic heterocycles. The molecule has 1 amide bonds. The molecule has 118 valence electrons. The van der Waals surface area contributed by atoms with E-state index in [4.69, 9.17) is 16.9 Å². The molecule has 5 nitrogen and oxygen atoms in total. The summed E-state index contributed by atoms with van der Waals surface area (Å²) in [5.74, 6) is 0.889. The first-order valence-corrected chi connectivity index (χ1v) is 8.43. The van der Waals surface area contributed by atoms with Crippen LogP contribution in [0.3, 0.4) is 0 Å². The second-order valence-corrected chi connectivity index (χ2v) is 7.06. The molecule has 0 spiro atoms. The van der Waals surface area contributed by atoms with Gasteiger partial charge in [-0.15, -0.1) is 11.8 Å². The molecule has 1 aliphatic heterocycles. The first-order valence-electron chi connectivity index (χ1n) is 7.18. The molecule has 7 heteroatoms. The minimum Gasteiger partial charge on any atom is -0.296 e. The van der Waals surface area contributed by atoms with E-state index in [1.54, 1.807) is 27.8 Å². The molecule has 23 heavy (non-hydrogen) atoms. The Bertz CT molecular complexity index is 811.